The maximum atomic E-state index is 12.4. The molecule has 1 aromatic carbocycles. The third-order valence-corrected chi connectivity index (χ3v) is 4.79. The maximum Gasteiger partial charge on any atom is 0.274 e. The van der Waals surface area contributed by atoms with E-state index in [4.69, 9.17) is 9.47 Å². The van der Waals surface area contributed by atoms with Crippen molar-refractivity contribution in [2.45, 2.75) is 26.9 Å². The summed E-state index contributed by atoms with van der Waals surface area (Å²) in [7, 11) is 0. The molecule has 3 heterocycles. The van der Waals surface area contributed by atoms with E-state index in [0.29, 0.717) is 36.0 Å². The van der Waals surface area contributed by atoms with E-state index in [1.165, 1.54) is 0 Å². The molecule has 1 aliphatic heterocycles. The number of nitrogens with zero attached hydrogens (tertiary/aromatic N) is 5. The topological polar surface area (TPSA) is 104 Å². The first-order valence-electron chi connectivity index (χ1n) is 7.96. The molecule has 0 bridgehead atoms. The normalized spacial score (nSPS) is 12.4. The quantitative estimate of drug-likeness (QED) is 0.723. The molecular formula is C16H16N6O3S. The fraction of sp³-hybridized carbons (Fsp3) is 0.312. The third kappa shape index (κ3) is 3.10. The fourth-order valence-electron chi connectivity index (χ4n) is 2.57. The van der Waals surface area contributed by atoms with Crippen LogP contribution in [0.5, 0.6) is 11.5 Å². The van der Waals surface area contributed by atoms with Crippen molar-refractivity contribution >= 4 is 17.6 Å². The van der Waals surface area contributed by atoms with Crippen molar-refractivity contribution in [3.63, 3.8) is 0 Å². The highest BCUT2D eigenvalue weighted by atomic mass is 32.1. The molecule has 4 rings (SSSR count). The molecule has 0 saturated carbocycles. The second-order valence-corrected chi connectivity index (χ2v) is 6.38. The number of rotatable bonds is 5. The number of fused-ring (bicyclic) bond motifs is 1. The number of ether oxygens (including phenoxy) is 2. The first-order chi connectivity index (χ1) is 12.6. The SMILES string of the molecule is Cc1nsnc1Cn1nnc(C(=O)NCc2ccc3c(c2)OCO3)c1C. The number of carbonyl (C=O) groups excluding carboxylic acids is 1. The van der Waals surface area contributed by atoms with Gasteiger partial charge in [-0.25, -0.2) is 4.68 Å². The lowest BCUT2D eigenvalue weighted by atomic mass is 10.2. The van der Waals surface area contributed by atoms with Gasteiger partial charge in [-0.2, -0.15) is 8.75 Å². The van der Waals surface area contributed by atoms with Crippen LogP contribution in [0.25, 0.3) is 0 Å². The van der Waals surface area contributed by atoms with Gasteiger partial charge in [-0.05, 0) is 31.5 Å². The minimum Gasteiger partial charge on any atom is -0.454 e. The van der Waals surface area contributed by atoms with Crippen molar-refractivity contribution in [1.29, 1.82) is 0 Å². The van der Waals surface area contributed by atoms with Gasteiger partial charge in [0.25, 0.3) is 5.91 Å². The molecule has 0 atom stereocenters. The van der Waals surface area contributed by atoms with Crippen molar-refractivity contribution in [1.82, 2.24) is 29.1 Å². The fourth-order valence-corrected chi connectivity index (χ4v) is 3.13. The van der Waals surface area contributed by atoms with Crippen molar-refractivity contribution in [3.8, 4) is 11.5 Å². The number of benzene rings is 1. The van der Waals surface area contributed by atoms with E-state index in [2.05, 4.69) is 24.4 Å². The van der Waals surface area contributed by atoms with Crippen molar-refractivity contribution < 1.29 is 14.3 Å². The first-order valence-corrected chi connectivity index (χ1v) is 8.69. The Morgan fingerprint density at radius 2 is 2.12 bits per heavy atom. The molecule has 1 aliphatic rings. The zero-order chi connectivity index (χ0) is 18.1. The summed E-state index contributed by atoms with van der Waals surface area (Å²) < 4.78 is 20.6. The molecule has 1 amide bonds. The van der Waals surface area contributed by atoms with Gasteiger partial charge in [0, 0.05) is 6.54 Å². The summed E-state index contributed by atoms with van der Waals surface area (Å²) in [6.07, 6.45) is 0. The Morgan fingerprint density at radius 3 is 2.92 bits per heavy atom. The van der Waals surface area contributed by atoms with E-state index in [1.54, 1.807) is 4.68 Å². The number of aryl methyl sites for hydroxylation is 1. The van der Waals surface area contributed by atoms with Crippen LogP contribution >= 0.6 is 11.7 Å². The van der Waals surface area contributed by atoms with Crippen LogP contribution in [-0.4, -0.2) is 36.4 Å². The third-order valence-electron chi connectivity index (χ3n) is 4.13. The summed E-state index contributed by atoms with van der Waals surface area (Å²) in [6.45, 7) is 4.73. The van der Waals surface area contributed by atoms with E-state index in [0.717, 1.165) is 28.7 Å². The maximum absolute atomic E-state index is 12.4. The van der Waals surface area contributed by atoms with Gasteiger partial charge in [-0.3, -0.25) is 4.79 Å². The molecule has 134 valence electrons. The highest BCUT2D eigenvalue weighted by molar-refractivity contribution is 6.99. The summed E-state index contributed by atoms with van der Waals surface area (Å²) in [5.74, 6) is 1.12. The van der Waals surface area contributed by atoms with Gasteiger partial charge >= 0.3 is 0 Å². The molecule has 26 heavy (non-hydrogen) atoms. The lowest BCUT2D eigenvalue weighted by Gasteiger charge is -2.06. The number of hydrogen-bond acceptors (Lipinski definition) is 8. The Hall–Kier alpha value is -3.01. The number of nitrogens with one attached hydrogen (secondary N) is 1. The molecule has 0 spiro atoms. The lowest BCUT2D eigenvalue weighted by Crippen LogP contribution is -2.24. The van der Waals surface area contributed by atoms with Crippen LogP contribution in [0.1, 0.15) is 33.1 Å². The van der Waals surface area contributed by atoms with Gasteiger partial charge in [0.1, 0.15) is 0 Å². The van der Waals surface area contributed by atoms with E-state index in [9.17, 15) is 4.79 Å². The van der Waals surface area contributed by atoms with Gasteiger partial charge < -0.3 is 14.8 Å². The minimum absolute atomic E-state index is 0.224. The molecule has 0 saturated heterocycles. The summed E-state index contributed by atoms with van der Waals surface area (Å²) in [5, 5.41) is 10.9. The molecule has 1 N–H and O–H groups in total. The van der Waals surface area contributed by atoms with Crippen LogP contribution in [-0.2, 0) is 13.1 Å². The zero-order valence-corrected chi connectivity index (χ0v) is 15.0. The van der Waals surface area contributed by atoms with Gasteiger partial charge in [0.15, 0.2) is 17.2 Å². The molecule has 0 unspecified atom stereocenters. The van der Waals surface area contributed by atoms with Gasteiger partial charge in [-0.1, -0.05) is 11.3 Å². The second kappa shape index (κ2) is 6.71. The Bertz CT molecular complexity index is 967. The molecule has 3 aromatic rings. The van der Waals surface area contributed by atoms with Crippen LogP contribution in [0, 0.1) is 13.8 Å². The number of aromatic nitrogens is 5. The molecular weight excluding hydrogens is 356 g/mol. The van der Waals surface area contributed by atoms with Gasteiger partial charge in [-0.15, -0.1) is 5.10 Å². The zero-order valence-electron chi connectivity index (χ0n) is 14.2. The predicted octanol–water partition coefficient (Wildman–Crippen LogP) is 1.45. The Kier molecular flexibility index (Phi) is 4.25. The van der Waals surface area contributed by atoms with Gasteiger partial charge in [0.05, 0.1) is 35.4 Å². The van der Waals surface area contributed by atoms with Crippen LogP contribution in [0.3, 0.4) is 0 Å². The summed E-state index contributed by atoms with van der Waals surface area (Å²) in [4.78, 5) is 12.4. The average molecular weight is 372 g/mol. The van der Waals surface area contributed by atoms with Crippen molar-refractivity contribution in [2.75, 3.05) is 6.79 Å². The highest BCUT2D eigenvalue weighted by Gasteiger charge is 2.18. The molecule has 0 aliphatic carbocycles. The molecule has 0 fully saturated rings. The van der Waals surface area contributed by atoms with E-state index in [-0.39, 0.29) is 12.7 Å². The van der Waals surface area contributed by atoms with Gasteiger partial charge in [0.2, 0.25) is 6.79 Å². The first kappa shape index (κ1) is 16.5. The monoisotopic (exact) mass is 372 g/mol. The number of carbonyl (C=O) groups is 1. The smallest absolute Gasteiger partial charge is 0.274 e. The average Bonchev–Trinajstić information content (AvgIpc) is 3.35. The largest absolute Gasteiger partial charge is 0.454 e. The lowest BCUT2D eigenvalue weighted by molar-refractivity contribution is 0.0945. The predicted molar refractivity (Wildman–Crippen MR) is 92.2 cm³/mol. The van der Waals surface area contributed by atoms with E-state index >= 15 is 0 Å². The Balaban J connectivity index is 1.43. The van der Waals surface area contributed by atoms with E-state index < -0.39 is 0 Å². The molecule has 2 aromatic heterocycles. The highest BCUT2D eigenvalue weighted by Crippen LogP contribution is 2.32. The summed E-state index contributed by atoms with van der Waals surface area (Å²) in [5.41, 5.74) is 3.58. The standard InChI is InChI=1S/C16H16N6O3S/c1-9-12(20-26-19-9)7-22-10(2)15(18-21-22)16(23)17-6-11-3-4-13-14(5-11)25-8-24-13/h3-5H,6-8H2,1-2H3,(H,17,23). The number of amides is 1. The Morgan fingerprint density at radius 1 is 1.27 bits per heavy atom. The van der Waals surface area contributed by atoms with Crippen LogP contribution in [0.15, 0.2) is 18.2 Å². The van der Waals surface area contributed by atoms with E-state index in [1.807, 2.05) is 32.0 Å². The van der Waals surface area contributed by atoms with Crippen LogP contribution in [0.2, 0.25) is 0 Å². The summed E-state index contributed by atoms with van der Waals surface area (Å²) >= 11 is 1.16. The molecule has 10 heteroatoms. The number of hydrogen-bond donors (Lipinski definition) is 1. The second-order valence-electron chi connectivity index (χ2n) is 5.85. The van der Waals surface area contributed by atoms with Crippen molar-refractivity contribution in [3.05, 3.63) is 46.5 Å². The Labute approximate surface area is 153 Å². The molecule has 9 nitrogen and oxygen atoms in total. The van der Waals surface area contributed by atoms with Crippen molar-refractivity contribution in [2.24, 2.45) is 0 Å². The summed E-state index contributed by atoms with van der Waals surface area (Å²) in [6, 6.07) is 5.56. The van der Waals surface area contributed by atoms with Crippen LogP contribution in [0.4, 0.5) is 0 Å². The molecule has 0 radical (unpaired) electrons. The minimum atomic E-state index is -0.278. The van der Waals surface area contributed by atoms with Crippen LogP contribution < -0.4 is 14.8 Å².